The molecule has 0 unspecified atom stereocenters. The molecular weight excluding hydrogens is 551 g/mol. The van der Waals surface area contributed by atoms with Crippen molar-refractivity contribution in [2.24, 2.45) is 0 Å². The van der Waals surface area contributed by atoms with Crippen LogP contribution in [0, 0.1) is 6.92 Å². The number of nitrogens with zero attached hydrogens (tertiary/aromatic N) is 2. The van der Waals surface area contributed by atoms with Gasteiger partial charge in [0.2, 0.25) is 5.88 Å². The van der Waals surface area contributed by atoms with E-state index < -0.39 is 5.97 Å². The normalized spacial score (nSPS) is 12.9. The maximum atomic E-state index is 11.7. The summed E-state index contributed by atoms with van der Waals surface area (Å²) in [6, 6.07) is 18.7. The SMILES string of the molecule is COC(=O)c1cnc(Oc2ccc3cc(OCc4c(-c5c(Cl)cccc5Cl)noc4C4CC4)ccc3c2)c(C)c1. The second-order valence-corrected chi connectivity index (χ2v) is 10.5. The standard InChI is InChI=1S/C31H24Cl2N2O5/c1-17-12-21(31(36)37-2)15-34-30(17)39-23-11-9-19-13-22(10-8-20(19)14-23)38-16-24-28(35-40-29(24)18-6-7-18)27-25(32)4-3-5-26(27)33/h3-5,8-15,18H,6-7,16H2,1-2H3. The number of ether oxygens (including phenoxy) is 3. The van der Waals surface area contributed by atoms with Gasteiger partial charge in [-0.1, -0.05) is 46.6 Å². The van der Waals surface area contributed by atoms with Gasteiger partial charge in [-0.15, -0.1) is 0 Å². The third kappa shape index (κ3) is 5.22. The highest BCUT2D eigenvalue weighted by atomic mass is 35.5. The van der Waals surface area contributed by atoms with E-state index in [1.165, 1.54) is 13.3 Å². The lowest BCUT2D eigenvalue weighted by Crippen LogP contribution is -2.03. The predicted molar refractivity (Wildman–Crippen MR) is 153 cm³/mol. The Kier molecular flexibility index (Phi) is 7.09. The summed E-state index contributed by atoms with van der Waals surface area (Å²) in [5.74, 6) is 2.48. The fraction of sp³-hybridized carbons (Fsp3) is 0.194. The third-order valence-electron chi connectivity index (χ3n) is 6.80. The second kappa shape index (κ2) is 10.8. The van der Waals surface area contributed by atoms with Crippen molar-refractivity contribution in [1.82, 2.24) is 10.1 Å². The molecule has 0 atom stereocenters. The van der Waals surface area contributed by atoms with Crippen molar-refractivity contribution in [3.05, 3.63) is 99.4 Å². The maximum Gasteiger partial charge on any atom is 0.339 e. The van der Waals surface area contributed by atoms with Gasteiger partial charge in [0.05, 0.1) is 28.3 Å². The Morgan fingerprint density at radius 1 is 1.00 bits per heavy atom. The number of carbonyl (C=O) groups excluding carboxylic acids is 1. The van der Waals surface area contributed by atoms with E-state index in [9.17, 15) is 4.79 Å². The van der Waals surface area contributed by atoms with Crippen LogP contribution in [0.3, 0.4) is 0 Å². The van der Waals surface area contributed by atoms with Crippen molar-refractivity contribution in [2.75, 3.05) is 7.11 Å². The quantitative estimate of drug-likeness (QED) is 0.172. The highest BCUT2D eigenvalue weighted by Gasteiger charge is 2.33. The number of esters is 1. The summed E-state index contributed by atoms with van der Waals surface area (Å²) in [5, 5.41) is 7.31. The maximum absolute atomic E-state index is 11.7. The fourth-order valence-corrected chi connectivity index (χ4v) is 5.15. The van der Waals surface area contributed by atoms with Crippen LogP contribution in [0.4, 0.5) is 0 Å². The molecule has 0 aliphatic heterocycles. The number of halogens is 2. The molecule has 1 aliphatic carbocycles. The largest absolute Gasteiger partial charge is 0.489 e. The van der Waals surface area contributed by atoms with E-state index in [1.54, 1.807) is 24.3 Å². The number of hydrogen-bond donors (Lipinski definition) is 0. The van der Waals surface area contributed by atoms with Gasteiger partial charge in [-0.05, 0) is 73.0 Å². The molecule has 9 heteroatoms. The third-order valence-corrected chi connectivity index (χ3v) is 7.43. The summed E-state index contributed by atoms with van der Waals surface area (Å²) in [5.41, 5.74) is 3.22. The first kappa shape index (κ1) is 26.2. The molecule has 0 saturated heterocycles. The van der Waals surface area contributed by atoms with Crippen LogP contribution in [0.5, 0.6) is 17.4 Å². The first-order chi connectivity index (χ1) is 19.4. The van der Waals surface area contributed by atoms with E-state index in [-0.39, 0.29) is 6.61 Å². The molecule has 7 nitrogen and oxygen atoms in total. The van der Waals surface area contributed by atoms with Gasteiger partial charge in [0, 0.05) is 23.2 Å². The van der Waals surface area contributed by atoms with Gasteiger partial charge >= 0.3 is 5.97 Å². The van der Waals surface area contributed by atoms with Crippen molar-refractivity contribution >= 4 is 39.9 Å². The number of aryl methyl sites for hydroxylation is 1. The van der Waals surface area contributed by atoms with E-state index in [4.69, 9.17) is 41.9 Å². The number of rotatable bonds is 8. The Morgan fingerprint density at radius 3 is 2.38 bits per heavy atom. The Hall–Kier alpha value is -4.07. The van der Waals surface area contributed by atoms with Crippen molar-refractivity contribution < 1.29 is 23.5 Å². The molecule has 40 heavy (non-hydrogen) atoms. The van der Waals surface area contributed by atoms with Gasteiger partial charge in [0.1, 0.15) is 29.6 Å². The van der Waals surface area contributed by atoms with E-state index in [0.29, 0.717) is 50.2 Å². The highest BCUT2D eigenvalue weighted by molar-refractivity contribution is 6.39. The van der Waals surface area contributed by atoms with Crippen LogP contribution in [0.1, 0.15) is 46.0 Å². The molecule has 0 bridgehead atoms. The van der Waals surface area contributed by atoms with Gasteiger partial charge in [0.25, 0.3) is 0 Å². The van der Waals surface area contributed by atoms with Gasteiger partial charge in [-0.25, -0.2) is 9.78 Å². The van der Waals surface area contributed by atoms with E-state index >= 15 is 0 Å². The molecule has 0 spiro atoms. The van der Waals surface area contributed by atoms with Gasteiger partial charge in [-0.3, -0.25) is 0 Å². The number of aromatic nitrogens is 2. The molecule has 202 valence electrons. The zero-order valence-corrected chi connectivity index (χ0v) is 23.3. The van der Waals surface area contributed by atoms with Crippen LogP contribution >= 0.6 is 23.2 Å². The average Bonchev–Trinajstić information content (AvgIpc) is 3.72. The minimum Gasteiger partial charge on any atom is -0.489 e. The smallest absolute Gasteiger partial charge is 0.339 e. The van der Waals surface area contributed by atoms with Crippen LogP contribution in [0.15, 0.2) is 71.4 Å². The zero-order valence-electron chi connectivity index (χ0n) is 21.7. The summed E-state index contributed by atoms with van der Waals surface area (Å²) in [7, 11) is 1.34. The Morgan fingerprint density at radius 2 is 1.70 bits per heavy atom. The van der Waals surface area contributed by atoms with Gasteiger partial charge < -0.3 is 18.7 Å². The monoisotopic (exact) mass is 574 g/mol. The van der Waals surface area contributed by atoms with Crippen molar-refractivity contribution in [1.29, 1.82) is 0 Å². The van der Waals surface area contributed by atoms with Crippen molar-refractivity contribution in [3.8, 4) is 28.6 Å². The summed E-state index contributed by atoms with van der Waals surface area (Å²) in [4.78, 5) is 16.0. The van der Waals surface area contributed by atoms with Crippen molar-refractivity contribution in [3.63, 3.8) is 0 Å². The minimum atomic E-state index is -0.442. The first-order valence-corrected chi connectivity index (χ1v) is 13.5. The molecule has 1 fully saturated rings. The molecule has 6 rings (SSSR count). The van der Waals surface area contributed by atoms with Crippen LogP contribution in [-0.2, 0) is 11.3 Å². The minimum absolute atomic E-state index is 0.269. The Bertz CT molecular complexity index is 1730. The van der Waals surface area contributed by atoms with Crippen LogP contribution in [0.25, 0.3) is 22.0 Å². The van der Waals surface area contributed by atoms with Gasteiger partial charge in [0.15, 0.2) is 0 Å². The zero-order chi connectivity index (χ0) is 27.8. The molecule has 1 aliphatic rings. The Balaban J connectivity index is 1.22. The number of methoxy groups -OCH3 is 1. The lowest BCUT2D eigenvalue weighted by molar-refractivity contribution is 0.0600. The molecule has 0 radical (unpaired) electrons. The molecular formula is C31H24Cl2N2O5. The lowest BCUT2D eigenvalue weighted by Gasteiger charge is -2.11. The molecule has 0 N–H and O–H groups in total. The van der Waals surface area contributed by atoms with E-state index in [2.05, 4.69) is 10.1 Å². The first-order valence-electron chi connectivity index (χ1n) is 12.7. The number of pyridine rings is 1. The molecule has 3 aromatic carbocycles. The second-order valence-electron chi connectivity index (χ2n) is 9.64. The number of hydrogen-bond acceptors (Lipinski definition) is 7. The summed E-state index contributed by atoms with van der Waals surface area (Å²) < 4.78 is 22.7. The molecule has 1 saturated carbocycles. The summed E-state index contributed by atoms with van der Waals surface area (Å²) in [6.07, 6.45) is 3.56. The van der Waals surface area contributed by atoms with Crippen LogP contribution in [-0.4, -0.2) is 23.2 Å². The van der Waals surface area contributed by atoms with E-state index in [0.717, 1.165) is 40.5 Å². The number of fused-ring (bicyclic) bond motifs is 1. The summed E-state index contributed by atoms with van der Waals surface area (Å²) in [6.45, 7) is 2.10. The Labute approximate surface area is 240 Å². The highest BCUT2D eigenvalue weighted by Crippen LogP contribution is 2.46. The summed E-state index contributed by atoms with van der Waals surface area (Å²) >= 11 is 13.0. The number of benzene rings is 3. The van der Waals surface area contributed by atoms with Crippen molar-refractivity contribution in [2.45, 2.75) is 32.3 Å². The number of carbonyl (C=O) groups is 1. The van der Waals surface area contributed by atoms with Crippen LogP contribution < -0.4 is 9.47 Å². The lowest BCUT2D eigenvalue weighted by atomic mass is 10.0. The fourth-order valence-electron chi connectivity index (χ4n) is 4.57. The van der Waals surface area contributed by atoms with Crippen LogP contribution in [0.2, 0.25) is 10.0 Å². The molecule has 2 heterocycles. The van der Waals surface area contributed by atoms with E-state index in [1.807, 2.05) is 43.3 Å². The molecule has 0 amide bonds. The molecule has 5 aromatic rings. The van der Waals surface area contributed by atoms with Gasteiger partial charge in [-0.2, -0.15) is 0 Å². The predicted octanol–water partition coefficient (Wildman–Crippen LogP) is 8.54. The molecule has 2 aromatic heterocycles. The average molecular weight is 575 g/mol. The topological polar surface area (TPSA) is 83.7 Å².